The average molecular weight is 344 g/mol. The summed E-state index contributed by atoms with van der Waals surface area (Å²) in [4.78, 5) is 12.5. The molecule has 1 saturated heterocycles. The van der Waals surface area contributed by atoms with E-state index < -0.39 is 21.8 Å². The van der Waals surface area contributed by atoms with E-state index in [0.29, 0.717) is 19.4 Å². The van der Waals surface area contributed by atoms with Gasteiger partial charge in [0.15, 0.2) is 0 Å². The Morgan fingerprint density at radius 2 is 2.17 bits per heavy atom. The highest BCUT2D eigenvalue weighted by atomic mass is 32.2. The number of nitrogens with one attached hydrogen (secondary N) is 1. The van der Waals surface area contributed by atoms with E-state index in [4.69, 9.17) is 5.11 Å². The topological polar surface area (TPSA) is 86.7 Å². The fraction of sp³-hybridized carbons (Fsp3) is 0.533. The molecule has 0 spiro atoms. The van der Waals surface area contributed by atoms with Crippen molar-refractivity contribution in [1.82, 2.24) is 9.62 Å². The molecule has 0 aromatic heterocycles. The standard InChI is InChI=1S/C15H21FN2O4S/c16-12-4-3-5-14(10-12)23(21,22)17-13-7-9-18(11-13)8-2-1-6-15(19)20/h3-5,10,13,17H,1-2,6-9,11H2,(H,19,20). The van der Waals surface area contributed by atoms with E-state index in [2.05, 4.69) is 9.62 Å². The van der Waals surface area contributed by atoms with Gasteiger partial charge in [-0.05, 0) is 50.6 Å². The van der Waals surface area contributed by atoms with Crippen LogP contribution in [-0.2, 0) is 14.8 Å². The number of nitrogens with zero attached hydrogens (tertiary/aromatic N) is 1. The number of sulfonamides is 1. The lowest BCUT2D eigenvalue weighted by molar-refractivity contribution is -0.137. The van der Waals surface area contributed by atoms with Crippen LogP contribution in [0.4, 0.5) is 4.39 Å². The van der Waals surface area contributed by atoms with Crippen LogP contribution in [-0.4, -0.2) is 50.1 Å². The van der Waals surface area contributed by atoms with Gasteiger partial charge in [0.05, 0.1) is 4.90 Å². The largest absolute Gasteiger partial charge is 0.481 e. The summed E-state index contributed by atoms with van der Waals surface area (Å²) in [6, 6.07) is 4.73. The number of hydrogen-bond acceptors (Lipinski definition) is 4. The number of carboxylic acid groups (broad SMARTS) is 1. The maximum atomic E-state index is 13.2. The molecule has 1 aliphatic rings. The smallest absolute Gasteiger partial charge is 0.303 e. The monoisotopic (exact) mass is 344 g/mol. The van der Waals surface area contributed by atoms with Crippen LogP contribution in [0.3, 0.4) is 0 Å². The van der Waals surface area contributed by atoms with Gasteiger partial charge >= 0.3 is 5.97 Å². The summed E-state index contributed by atoms with van der Waals surface area (Å²) in [7, 11) is -3.72. The molecule has 2 rings (SSSR count). The number of halogens is 1. The maximum absolute atomic E-state index is 13.2. The van der Waals surface area contributed by atoms with Gasteiger partial charge in [0.1, 0.15) is 5.82 Å². The Hall–Kier alpha value is -1.51. The molecule has 1 aromatic carbocycles. The molecule has 128 valence electrons. The normalized spacial score (nSPS) is 19.1. The molecular formula is C15H21FN2O4S. The Morgan fingerprint density at radius 3 is 2.87 bits per heavy atom. The first kappa shape index (κ1) is 17.8. The zero-order chi connectivity index (χ0) is 16.9. The molecule has 2 N–H and O–H groups in total. The summed E-state index contributed by atoms with van der Waals surface area (Å²) < 4.78 is 40.2. The Bertz CT molecular complexity index is 651. The molecule has 1 atom stereocenters. The van der Waals surface area contributed by atoms with Crippen LogP contribution in [0, 0.1) is 5.82 Å². The lowest BCUT2D eigenvalue weighted by atomic mass is 10.2. The van der Waals surface area contributed by atoms with Gasteiger partial charge in [0.25, 0.3) is 0 Å². The van der Waals surface area contributed by atoms with E-state index in [1.54, 1.807) is 0 Å². The SMILES string of the molecule is O=C(O)CCCCN1CCC(NS(=O)(=O)c2cccc(F)c2)C1. The van der Waals surface area contributed by atoms with Crippen LogP contribution in [0.15, 0.2) is 29.2 Å². The van der Waals surface area contributed by atoms with Crippen LogP contribution in [0.5, 0.6) is 0 Å². The van der Waals surface area contributed by atoms with Crippen molar-refractivity contribution < 1.29 is 22.7 Å². The van der Waals surface area contributed by atoms with Crippen molar-refractivity contribution in [2.45, 2.75) is 36.6 Å². The third-order valence-electron chi connectivity index (χ3n) is 3.82. The average Bonchev–Trinajstić information content (AvgIpc) is 2.90. The lowest BCUT2D eigenvalue weighted by Gasteiger charge is -2.16. The van der Waals surface area contributed by atoms with E-state index >= 15 is 0 Å². The third-order valence-corrected chi connectivity index (χ3v) is 5.33. The number of rotatable bonds is 8. The Balaban J connectivity index is 1.82. The van der Waals surface area contributed by atoms with Gasteiger partial charge in [-0.15, -0.1) is 0 Å². The summed E-state index contributed by atoms with van der Waals surface area (Å²) >= 11 is 0. The minimum absolute atomic E-state index is 0.0718. The molecular weight excluding hydrogens is 323 g/mol. The van der Waals surface area contributed by atoms with Crippen molar-refractivity contribution in [2.24, 2.45) is 0 Å². The van der Waals surface area contributed by atoms with E-state index in [-0.39, 0.29) is 17.4 Å². The number of carbonyl (C=O) groups is 1. The number of likely N-dealkylation sites (tertiary alicyclic amines) is 1. The number of unbranched alkanes of at least 4 members (excludes halogenated alkanes) is 1. The summed E-state index contributed by atoms with van der Waals surface area (Å²) in [6.45, 7) is 2.11. The second kappa shape index (κ2) is 7.85. The molecule has 1 aromatic rings. The number of hydrogen-bond donors (Lipinski definition) is 2. The highest BCUT2D eigenvalue weighted by molar-refractivity contribution is 7.89. The van der Waals surface area contributed by atoms with Crippen LogP contribution in [0.2, 0.25) is 0 Å². The van der Waals surface area contributed by atoms with Gasteiger partial charge in [0.2, 0.25) is 10.0 Å². The molecule has 0 bridgehead atoms. The first-order chi connectivity index (χ1) is 10.9. The fourth-order valence-electron chi connectivity index (χ4n) is 2.67. The molecule has 0 saturated carbocycles. The molecule has 1 aliphatic heterocycles. The predicted octanol–water partition coefficient (Wildman–Crippen LogP) is 1.43. The Kier molecular flexibility index (Phi) is 6.09. The molecule has 23 heavy (non-hydrogen) atoms. The molecule has 0 amide bonds. The van der Waals surface area contributed by atoms with Crippen molar-refractivity contribution in [3.63, 3.8) is 0 Å². The van der Waals surface area contributed by atoms with Crippen molar-refractivity contribution in [2.75, 3.05) is 19.6 Å². The van der Waals surface area contributed by atoms with Gasteiger partial charge in [-0.25, -0.2) is 17.5 Å². The van der Waals surface area contributed by atoms with Crippen LogP contribution in [0.25, 0.3) is 0 Å². The molecule has 1 heterocycles. The zero-order valence-electron chi connectivity index (χ0n) is 12.7. The van der Waals surface area contributed by atoms with Gasteiger partial charge < -0.3 is 10.0 Å². The van der Waals surface area contributed by atoms with Gasteiger partial charge in [-0.1, -0.05) is 6.07 Å². The minimum Gasteiger partial charge on any atom is -0.481 e. The quantitative estimate of drug-likeness (QED) is 0.697. The summed E-state index contributed by atoms with van der Waals surface area (Å²) in [6.07, 6.45) is 2.23. The van der Waals surface area contributed by atoms with Crippen molar-refractivity contribution >= 4 is 16.0 Å². The Morgan fingerprint density at radius 1 is 1.39 bits per heavy atom. The summed E-state index contributed by atoms with van der Waals surface area (Å²) in [5.74, 6) is -1.38. The van der Waals surface area contributed by atoms with Crippen molar-refractivity contribution in [3.8, 4) is 0 Å². The van der Waals surface area contributed by atoms with Crippen molar-refractivity contribution in [1.29, 1.82) is 0 Å². The van der Waals surface area contributed by atoms with Gasteiger partial charge in [0, 0.05) is 19.0 Å². The lowest BCUT2D eigenvalue weighted by Crippen LogP contribution is -2.37. The third kappa shape index (κ3) is 5.56. The van der Waals surface area contributed by atoms with E-state index in [9.17, 15) is 17.6 Å². The molecule has 0 radical (unpaired) electrons. The highest BCUT2D eigenvalue weighted by Crippen LogP contribution is 2.15. The Labute approximate surface area is 135 Å². The maximum Gasteiger partial charge on any atom is 0.303 e. The number of aliphatic carboxylic acids is 1. The predicted molar refractivity (Wildman–Crippen MR) is 83.1 cm³/mol. The van der Waals surface area contributed by atoms with Gasteiger partial charge in [-0.3, -0.25) is 4.79 Å². The molecule has 6 nitrogen and oxygen atoms in total. The van der Waals surface area contributed by atoms with E-state index in [0.717, 1.165) is 25.6 Å². The van der Waals surface area contributed by atoms with E-state index in [1.807, 2.05) is 0 Å². The van der Waals surface area contributed by atoms with E-state index in [1.165, 1.54) is 18.2 Å². The first-order valence-corrected chi connectivity index (χ1v) is 9.07. The number of benzene rings is 1. The summed E-state index contributed by atoms with van der Waals surface area (Å²) in [5, 5.41) is 8.59. The molecule has 1 fully saturated rings. The second-order valence-corrected chi connectivity index (χ2v) is 7.43. The molecule has 8 heteroatoms. The van der Waals surface area contributed by atoms with Crippen LogP contribution < -0.4 is 4.72 Å². The fourth-order valence-corrected chi connectivity index (χ4v) is 3.96. The molecule has 0 aliphatic carbocycles. The number of carboxylic acids is 1. The summed E-state index contributed by atoms with van der Waals surface area (Å²) in [5.41, 5.74) is 0. The first-order valence-electron chi connectivity index (χ1n) is 7.59. The van der Waals surface area contributed by atoms with Gasteiger partial charge in [-0.2, -0.15) is 0 Å². The second-order valence-electron chi connectivity index (χ2n) is 5.72. The molecule has 1 unspecified atom stereocenters. The van der Waals surface area contributed by atoms with Crippen LogP contribution >= 0.6 is 0 Å². The van der Waals surface area contributed by atoms with Crippen LogP contribution in [0.1, 0.15) is 25.7 Å². The highest BCUT2D eigenvalue weighted by Gasteiger charge is 2.27. The minimum atomic E-state index is -3.72. The zero-order valence-corrected chi connectivity index (χ0v) is 13.6. The van der Waals surface area contributed by atoms with Crippen molar-refractivity contribution in [3.05, 3.63) is 30.1 Å².